The van der Waals surface area contributed by atoms with Gasteiger partial charge in [-0.25, -0.2) is 9.37 Å². The molecule has 0 N–H and O–H groups in total. The van der Waals surface area contributed by atoms with E-state index in [9.17, 15) is 22.4 Å². The van der Waals surface area contributed by atoms with Gasteiger partial charge in [0, 0.05) is 11.6 Å². The van der Waals surface area contributed by atoms with Gasteiger partial charge in [-0.05, 0) is 56.0 Å². The molecule has 2 fully saturated rings. The number of anilines is 1. The van der Waals surface area contributed by atoms with Crippen LogP contribution in [0.25, 0.3) is 5.69 Å². The molecule has 1 saturated carbocycles. The molecule has 0 radical (unpaired) electrons. The summed E-state index contributed by atoms with van der Waals surface area (Å²) < 4.78 is 55.7. The fraction of sp³-hybridized carbons (Fsp3) is 0.364. The van der Waals surface area contributed by atoms with Crippen molar-refractivity contribution in [2.24, 2.45) is 11.8 Å². The molecule has 11 heteroatoms. The third-order valence-corrected chi connectivity index (χ3v) is 6.63. The summed E-state index contributed by atoms with van der Waals surface area (Å²) in [6.07, 6.45) is -0.982. The number of amides is 1. The van der Waals surface area contributed by atoms with Crippen LogP contribution in [0.1, 0.15) is 42.4 Å². The minimum absolute atomic E-state index is 0.0709. The van der Waals surface area contributed by atoms with Crippen LogP contribution >= 0.6 is 11.6 Å². The van der Waals surface area contributed by atoms with Crippen molar-refractivity contribution in [2.45, 2.75) is 38.4 Å². The summed E-state index contributed by atoms with van der Waals surface area (Å²) in [4.78, 5) is 19.0. The van der Waals surface area contributed by atoms with Crippen LogP contribution in [0.3, 0.4) is 0 Å². The van der Waals surface area contributed by atoms with Crippen LogP contribution in [-0.4, -0.2) is 25.7 Å². The van der Waals surface area contributed by atoms with Crippen molar-refractivity contribution in [3.05, 3.63) is 64.6 Å². The number of benzene rings is 1. The second kappa shape index (κ2) is 7.79. The first kappa shape index (κ1) is 21.8. The van der Waals surface area contributed by atoms with Crippen molar-refractivity contribution in [3.8, 4) is 5.69 Å². The third-order valence-electron chi connectivity index (χ3n) is 6.34. The van der Waals surface area contributed by atoms with Crippen LogP contribution in [0, 0.1) is 24.6 Å². The van der Waals surface area contributed by atoms with Crippen LogP contribution in [-0.2, 0) is 11.0 Å². The summed E-state index contributed by atoms with van der Waals surface area (Å²) in [5, 5.41) is 8.10. The summed E-state index contributed by atoms with van der Waals surface area (Å²) in [6, 6.07) is 5.27. The fourth-order valence-corrected chi connectivity index (χ4v) is 5.14. The van der Waals surface area contributed by atoms with Crippen LogP contribution in [0.2, 0.25) is 5.02 Å². The standard InChI is InChI=1S/C22H18ClF4N5O/c1-11-7-12(22(25,26)27)8-18(29-11)32-19(14-3-2-4-15(14)21(32)33)20-30-28-10-31(20)13-5-6-17(24)16(23)9-13/h5-10,14-15,19H,2-4H2,1H3/t14-,15+,19-/m0/s1. The second-order valence-electron chi connectivity index (χ2n) is 8.37. The lowest BCUT2D eigenvalue weighted by molar-refractivity contribution is -0.137. The highest BCUT2D eigenvalue weighted by atomic mass is 35.5. The zero-order valence-corrected chi connectivity index (χ0v) is 18.1. The monoisotopic (exact) mass is 479 g/mol. The molecule has 1 amide bonds. The average molecular weight is 480 g/mol. The Morgan fingerprint density at radius 3 is 2.67 bits per heavy atom. The molecule has 3 aromatic rings. The lowest BCUT2D eigenvalue weighted by atomic mass is 9.93. The summed E-state index contributed by atoms with van der Waals surface area (Å²) >= 11 is 5.95. The van der Waals surface area contributed by atoms with Gasteiger partial charge in [-0.3, -0.25) is 14.3 Å². The van der Waals surface area contributed by atoms with Crippen LogP contribution in [0.5, 0.6) is 0 Å². The molecular weight excluding hydrogens is 462 g/mol. The lowest BCUT2D eigenvalue weighted by Gasteiger charge is -2.27. The maximum absolute atomic E-state index is 13.7. The first-order chi connectivity index (χ1) is 15.6. The number of carbonyl (C=O) groups is 1. The first-order valence-corrected chi connectivity index (χ1v) is 10.8. The SMILES string of the molecule is Cc1cc(C(F)(F)F)cc(N2C(=O)[C@@H]3CCC[C@@H]3[C@H]2c2nncn2-c2ccc(F)c(Cl)c2)n1. The summed E-state index contributed by atoms with van der Waals surface area (Å²) in [7, 11) is 0. The maximum Gasteiger partial charge on any atom is 0.416 e. The predicted octanol–water partition coefficient (Wildman–Crippen LogP) is 5.29. The van der Waals surface area contributed by atoms with Gasteiger partial charge in [-0.1, -0.05) is 18.0 Å². The number of fused-ring (bicyclic) bond motifs is 1. The van der Waals surface area contributed by atoms with Crippen molar-refractivity contribution in [2.75, 3.05) is 4.90 Å². The molecule has 0 unspecified atom stereocenters. The van der Waals surface area contributed by atoms with Gasteiger partial charge in [-0.15, -0.1) is 10.2 Å². The number of rotatable bonds is 3. The van der Waals surface area contributed by atoms with Gasteiger partial charge >= 0.3 is 6.18 Å². The summed E-state index contributed by atoms with van der Waals surface area (Å²) in [6.45, 7) is 1.46. The Bertz CT molecular complexity index is 1240. The molecule has 5 rings (SSSR count). The predicted molar refractivity (Wildman–Crippen MR) is 111 cm³/mol. The molecule has 6 nitrogen and oxygen atoms in total. The number of alkyl halides is 3. The topological polar surface area (TPSA) is 63.9 Å². The van der Waals surface area contributed by atoms with Crippen molar-refractivity contribution in [3.63, 3.8) is 0 Å². The molecule has 1 aromatic carbocycles. The highest BCUT2D eigenvalue weighted by Crippen LogP contribution is 2.51. The van der Waals surface area contributed by atoms with Crippen molar-refractivity contribution in [1.29, 1.82) is 0 Å². The van der Waals surface area contributed by atoms with Gasteiger partial charge in [0.1, 0.15) is 24.0 Å². The number of aromatic nitrogens is 4. The summed E-state index contributed by atoms with van der Waals surface area (Å²) in [5.74, 6) is -1.08. The number of halogens is 5. The van der Waals surface area contributed by atoms with Crippen LogP contribution < -0.4 is 4.90 Å². The van der Waals surface area contributed by atoms with E-state index in [0.29, 0.717) is 24.4 Å². The summed E-state index contributed by atoms with van der Waals surface area (Å²) in [5.41, 5.74) is -0.251. The average Bonchev–Trinajstić information content (AvgIpc) is 3.46. The zero-order valence-electron chi connectivity index (χ0n) is 17.4. The minimum atomic E-state index is -4.58. The van der Waals surface area contributed by atoms with Gasteiger partial charge in [0.15, 0.2) is 5.82 Å². The fourth-order valence-electron chi connectivity index (χ4n) is 4.96. The quantitative estimate of drug-likeness (QED) is 0.479. The molecule has 33 heavy (non-hydrogen) atoms. The van der Waals surface area contributed by atoms with Crippen LogP contribution in [0.15, 0.2) is 36.7 Å². The van der Waals surface area contributed by atoms with Gasteiger partial charge in [0.05, 0.1) is 16.3 Å². The van der Waals surface area contributed by atoms with E-state index in [2.05, 4.69) is 15.2 Å². The molecule has 2 aliphatic rings. The van der Waals surface area contributed by atoms with Crippen molar-refractivity contribution < 1.29 is 22.4 Å². The largest absolute Gasteiger partial charge is 0.416 e. The number of aryl methyl sites for hydroxylation is 1. The highest BCUT2D eigenvalue weighted by Gasteiger charge is 2.53. The van der Waals surface area contributed by atoms with E-state index in [-0.39, 0.29) is 34.3 Å². The van der Waals surface area contributed by atoms with Gasteiger partial charge in [0.2, 0.25) is 5.91 Å². The number of hydrogen-bond donors (Lipinski definition) is 0. The molecular formula is C22H18ClF4N5O. The van der Waals surface area contributed by atoms with E-state index < -0.39 is 23.6 Å². The van der Waals surface area contributed by atoms with E-state index in [1.54, 1.807) is 4.57 Å². The molecule has 1 aliphatic carbocycles. The Hall–Kier alpha value is -3.01. The molecule has 1 aliphatic heterocycles. The Balaban J connectivity index is 1.65. The number of nitrogens with zero attached hydrogens (tertiary/aromatic N) is 5. The Morgan fingerprint density at radius 2 is 1.94 bits per heavy atom. The van der Waals surface area contributed by atoms with Crippen molar-refractivity contribution >= 4 is 23.3 Å². The smallest absolute Gasteiger partial charge is 0.285 e. The van der Waals surface area contributed by atoms with Crippen molar-refractivity contribution in [1.82, 2.24) is 19.7 Å². The Kier molecular flexibility index (Phi) is 5.15. The zero-order chi connectivity index (χ0) is 23.5. The molecule has 2 aromatic heterocycles. The Morgan fingerprint density at radius 1 is 1.15 bits per heavy atom. The normalized spacial score (nSPS) is 22.8. The molecule has 172 valence electrons. The van der Waals surface area contributed by atoms with E-state index in [1.807, 2.05) is 0 Å². The van der Waals surface area contributed by atoms with Gasteiger partial charge < -0.3 is 0 Å². The number of pyridine rings is 1. The molecule has 1 saturated heterocycles. The molecule has 0 bridgehead atoms. The Labute approximate surface area is 191 Å². The van der Waals surface area contributed by atoms with Gasteiger partial charge in [-0.2, -0.15) is 13.2 Å². The van der Waals surface area contributed by atoms with E-state index in [0.717, 1.165) is 18.6 Å². The molecule has 0 spiro atoms. The number of carbonyl (C=O) groups excluding carboxylic acids is 1. The first-order valence-electron chi connectivity index (χ1n) is 10.4. The minimum Gasteiger partial charge on any atom is -0.285 e. The third kappa shape index (κ3) is 3.66. The number of hydrogen-bond acceptors (Lipinski definition) is 4. The highest BCUT2D eigenvalue weighted by molar-refractivity contribution is 6.30. The molecule has 3 heterocycles. The second-order valence-corrected chi connectivity index (χ2v) is 8.77. The van der Waals surface area contributed by atoms with Gasteiger partial charge in [0.25, 0.3) is 0 Å². The maximum atomic E-state index is 13.7. The molecule has 3 atom stereocenters. The lowest BCUT2D eigenvalue weighted by Crippen LogP contribution is -2.33. The van der Waals surface area contributed by atoms with E-state index >= 15 is 0 Å². The van der Waals surface area contributed by atoms with E-state index in [4.69, 9.17) is 11.6 Å². The van der Waals surface area contributed by atoms with Crippen LogP contribution in [0.4, 0.5) is 23.4 Å². The van der Waals surface area contributed by atoms with E-state index in [1.165, 1.54) is 36.4 Å².